The molecule has 2 aromatic rings. The summed E-state index contributed by atoms with van der Waals surface area (Å²) in [5.74, 6) is -0.294. The van der Waals surface area contributed by atoms with Crippen LogP contribution in [0, 0.1) is 15.9 Å². The van der Waals surface area contributed by atoms with Crippen LogP contribution in [-0.4, -0.2) is 53.0 Å². The van der Waals surface area contributed by atoms with Crippen LogP contribution in [0.3, 0.4) is 0 Å². The minimum atomic E-state index is -0.630. The highest BCUT2D eigenvalue weighted by molar-refractivity contribution is 5.74. The van der Waals surface area contributed by atoms with Crippen molar-refractivity contribution in [2.24, 2.45) is 0 Å². The van der Waals surface area contributed by atoms with E-state index in [2.05, 4.69) is 20.2 Å². The summed E-state index contributed by atoms with van der Waals surface area (Å²) < 4.78 is 13.0. The van der Waals surface area contributed by atoms with Gasteiger partial charge in [-0.25, -0.2) is 4.39 Å². The van der Waals surface area contributed by atoms with Gasteiger partial charge >= 0.3 is 5.69 Å². The molecule has 1 aromatic heterocycles. The van der Waals surface area contributed by atoms with Crippen molar-refractivity contribution in [2.45, 2.75) is 0 Å². The molecule has 1 aromatic carbocycles. The summed E-state index contributed by atoms with van der Waals surface area (Å²) in [6.07, 6.45) is 0. The molecule has 9 nitrogen and oxygen atoms in total. The number of nitrogens with zero attached hydrogens (tertiary/aromatic N) is 5. The van der Waals surface area contributed by atoms with Crippen molar-refractivity contribution >= 4 is 29.0 Å². The Bertz CT molecular complexity index is 776. The monoisotopic (exact) mass is 347 g/mol. The molecule has 3 N–H and O–H groups in total. The number of anilines is 4. The van der Waals surface area contributed by atoms with Gasteiger partial charge in [0.1, 0.15) is 5.82 Å². The van der Waals surface area contributed by atoms with Crippen LogP contribution in [0.2, 0.25) is 0 Å². The molecule has 1 aliphatic rings. The number of aromatic nitrogens is 2. The van der Waals surface area contributed by atoms with Crippen LogP contribution in [0.15, 0.2) is 24.3 Å². The van der Waals surface area contributed by atoms with Crippen LogP contribution in [0.4, 0.5) is 33.3 Å². The minimum absolute atomic E-state index is 0.0157. The molecule has 2 heterocycles. The number of hydrogen-bond acceptors (Lipinski definition) is 8. The average Bonchev–Trinajstić information content (AvgIpc) is 2.57. The molecule has 10 heteroatoms. The van der Waals surface area contributed by atoms with Gasteiger partial charge in [-0.2, -0.15) is 9.97 Å². The molecule has 0 aliphatic carbocycles. The van der Waals surface area contributed by atoms with Crippen molar-refractivity contribution in [3.63, 3.8) is 0 Å². The van der Waals surface area contributed by atoms with Crippen molar-refractivity contribution in [1.82, 2.24) is 14.9 Å². The number of likely N-dealkylation sites (N-methyl/N-ethyl adjacent to an activating group) is 1. The van der Waals surface area contributed by atoms with E-state index in [0.717, 1.165) is 13.1 Å². The summed E-state index contributed by atoms with van der Waals surface area (Å²) >= 11 is 0. The zero-order valence-electron chi connectivity index (χ0n) is 13.6. The van der Waals surface area contributed by atoms with E-state index in [1.54, 1.807) is 0 Å². The van der Waals surface area contributed by atoms with E-state index in [1.165, 1.54) is 24.3 Å². The second-order valence-corrected chi connectivity index (χ2v) is 5.79. The second kappa shape index (κ2) is 6.85. The van der Waals surface area contributed by atoms with Crippen molar-refractivity contribution in [3.05, 3.63) is 40.2 Å². The molecule has 0 radical (unpaired) electrons. The van der Waals surface area contributed by atoms with Gasteiger partial charge in [0.25, 0.3) is 0 Å². The Morgan fingerprint density at radius 1 is 1.20 bits per heavy atom. The van der Waals surface area contributed by atoms with Crippen molar-refractivity contribution in [1.29, 1.82) is 0 Å². The molecule has 3 rings (SSSR count). The third-order valence-electron chi connectivity index (χ3n) is 3.97. The summed E-state index contributed by atoms with van der Waals surface area (Å²) in [5.41, 5.74) is 5.87. The smallest absolute Gasteiger partial charge is 0.353 e. The number of nitrogens with two attached hydrogens (primary N) is 1. The first-order valence-corrected chi connectivity index (χ1v) is 7.72. The molecule has 0 spiro atoms. The first-order chi connectivity index (χ1) is 11.9. The predicted octanol–water partition coefficient (Wildman–Crippen LogP) is 1.60. The lowest BCUT2D eigenvalue weighted by Gasteiger charge is -2.32. The second-order valence-electron chi connectivity index (χ2n) is 5.79. The molecule has 132 valence electrons. The maximum absolute atomic E-state index is 13.0. The number of nitro groups is 1. The largest absolute Gasteiger partial charge is 0.378 e. The number of nitrogen functional groups attached to an aromatic ring is 1. The molecule has 1 aliphatic heterocycles. The highest BCUT2D eigenvalue weighted by Gasteiger charge is 2.26. The van der Waals surface area contributed by atoms with Gasteiger partial charge in [-0.3, -0.25) is 10.1 Å². The van der Waals surface area contributed by atoms with Crippen LogP contribution in [0.5, 0.6) is 0 Å². The Labute approximate surface area is 143 Å². The number of hydrogen-bond donors (Lipinski definition) is 2. The number of rotatable bonds is 4. The first-order valence-electron chi connectivity index (χ1n) is 7.72. The lowest BCUT2D eigenvalue weighted by atomic mass is 10.3. The van der Waals surface area contributed by atoms with Crippen LogP contribution in [0.25, 0.3) is 0 Å². The van der Waals surface area contributed by atoms with Gasteiger partial charge < -0.3 is 20.9 Å². The lowest BCUT2D eigenvalue weighted by Crippen LogP contribution is -2.45. The zero-order chi connectivity index (χ0) is 18.0. The van der Waals surface area contributed by atoms with Crippen LogP contribution >= 0.6 is 0 Å². The minimum Gasteiger partial charge on any atom is -0.378 e. The van der Waals surface area contributed by atoms with E-state index >= 15 is 0 Å². The summed E-state index contributed by atoms with van der Waals surface area (Å²) in [5, 5.41) is 14.2. The maximum atomic E-state index is 13.0. The Kier molecular flexibility index (Phi) is 4.61. The molecule has 0 unspecified atom stereocenters. The average molecular weight is 347 g/mol. The van der Waals surface area contributed by atoms with Crippen molar-refractivity contribution < 1.29 is 9.31 Å². The molecule has 25 heavy (non-hydrogen) atoms. The Morgan fingerprint density at radius 3 is 2.44 bits per heavy atom. The van der Waals surface area contributed by atoms with Gasteiger partial charge in [0.2, 0.25) is 17.6 Å². The Hall–Kier alpha value is -3.01. The summed E-state index contributed by atoms with van der Waals surface area (Å²) in [6, 6.07) is 5.43. The van der Waals surface area contributed by atoms with E-state index in [1.807, 2.05) is 11.9 Å². The van der Waals surface area contributed by atoms with Gasteiger partial charge in [0, 0.05) is 31.9 Å². The van der Waals surface area contributed by atoms with E-state index in [0.29, 0.717) is 24.7 Å². The van der Waals surface area contributed by atoms with Gasteiger partial charge in [-0.1, -0.05) is 0 Å². The first kappa shape index (κ1) is 16.8. The lowest BCUT2D eigenvalue weighted by molar-refractivity contribution is -0.383. The normalized spacial score (nSPS) is 15.2. The van der Waals surface area contributed by atoms with Crippen molar-refractivity contribution in [3.8, 4) is 0 Å². The molecular formula is C15H18FN7O2. The van der Waals surface area contributed by atoms with E-state index < -0.39 is 16.4 Å². The maximum Gasteiger partial charge on any atom is 0.353 e. The molecule has 0 atom stereocenters. The number of piperazine rings is 1. The Balaban J connectivity index is 1.95. The third-order valence-corrected chi connectivity index (χ3v) is 3.97. The fourth-order valence-electron chi connectivity index (χ4n) is 2.54. The molecule has 0 bridgehead atoms. The molecular weight excluding hydrogens is 329 g/mol. The summed E-state index contributed by atoms with van der Waals surface area (Å²) in [7, 11) is 2.02. The topological polar surface area (TPSA) is 113 Å². The molecule has 0 amide bonds. The van der Waals surface area contributed by atoms with Gasteiger partial charge in [-0.05, 0) is 31.3 Å². The van der Waals surface area contributed by atoms with E-state index in [4.69, 9.17) is 5.73 Å². The highest BCUT2D eigenvalue weighted by Crippen LogP contribution is 2.32. The van der Waals surface area contributed by atoms with Gasteiger partial charge in [0.15, 0.2) is 0 Å². The third kappa shape index (κ3) is 3.74. The molecule has 0 saturated carbocycles. The highest BCUT2D eigenvalue weighted by atomic mass is 19.1. The quantitative estimate of drug-likeness (QED) is 0.633. The number of halogens is 1. The zero-order valence-corrected chi connectivity index (χ0v) is 13.6. The van der Waals surface area contributed by atoms with Crippen LogP contribution in [-0.2, 0) is 0 Å². The van der Waals surface area contributed by atoms with Crippen molar-refractivity contribution in [2.75, 3.05) is 49.2 Å². The molecule has 1 saturated heterocycles. The van der Waals surface area contributed by atoms with Crippen LogP contribution < -0.4 is 16.0 Å². The van der Waals surface area contributed by atoms with Crippen LogP contribution in [0.1, 0.15) is 0 Å². The van der Waals surface area contributed by atoms with E-state index in [-0.39, 0.29) is 11.6 Å². The standard InChI is InChI=1S/C15H18FN7O2/c1-21-6-8-22(9-7-21)15-19-13(17)12(23(24)25)14(20-15)18-11-4-2-10(16)3-5-11/h2-5H,6-9H2,1H3,(H3,17,18,19,20). The SMILES string of the molecule is CN1CCN(c2nc(N)c([N+](=O)[O-])c(Nc3ccc(F)cc3)n2)CC1. The summed E-state index contributed by atoms with van der Waals surface area (Å²) in [6.45, 7) is 3.06. The fourth-order valence-corrected chi connectivity index (χ4v) is 2.54. The van der Waals surface area contributed by atoms with Gasteiger partial charge in [-0.15, -0.1) is 0 Å². The predicted molar refractivity (Wildman–Crippen MR) is 92.5 cm³/mol. The number of benzene rings is 1. The molecule has 1 fully saturated rings. The van der Waals surface area contributed by atoms with Gasteiger partial charge in [0.05, 0.1) is 4.92 Å². The summed E-state index contributed by atoms with van der Waals surface area (Å²) in [4.78, 5) is 23.2. The van der Waals surface area contributed by atoms with E-state index in [9.17, 15) is 14.5 Å². The Morgan fingerprint density at radius 2 is 1.84 bits per heavy atom. The fraction of sp³-hybridized carbons (Fsp3) is 0.333. The number of nitrogens with one attached hydrogen (secondary N) is 1.